The fraction of sp³-hybridized carbons (Fsp3) is 0.412. The molecule has 2 amide bonds. The highest BCUT2D eigenvalue weighted by atomic mass is 35.5. The van der Waals surface area contributed by atoms with E-state index in [1.54, 1.807) is 30.0 Å². The van der Waals surface area contributed by atoms with E-state index in [-0.39, 0.29) is 12.0 Å². The second-order valence-corrected chi connectivity index (χ2v) is 6.29. The molecule has 0 radical (unpaired) electrons. The molecule has 1 aliphatic heterocycles. The van der Waals surface area contributed by atoms with Crippen molar-refractivity contribution in [2.45, 2.75) is 13.8 Å². The minimum absolute atomic E-state index is 0.200. The number of ether oxygens (including phenoxy) is 1. The monoisotopic (exact) mass is 377 g/mol. The lowest BCUT2D eigenvalue weighted by Gasteiger charge is -2.34. The molecule has 1 N–H and O–H groups in total. The molecule has 1 fully saturated rings. The normalized spacial score (nSPS) is 14.4. The number of hydrogen-bond donors (Lipinski definition) is 1. The fourth-order valence-electron chi connectivity index (χ4n) is 2.80. The Morgan fingerprint density at radius 1 is 1.23 bits per heavy atom. The van der Waals surface area contributed by atoms with Gasteiger partial charge >= 0.3 is 6.09 Å². The van der Waals surface area contributed by atoms with E-state index in [2.05, 4.69) is 15.3 Å². The van der Waals surface area contributed by atoms with Crippen molar-refractivity contribution in [2.75, 3.05) is 43.0 Å². The molecule has 2 aromatic heterocycles. The Kier molecular flexibility index (Phi) is 5.41. The number of pyridine rings is 2. The number of carbonyl (C=O) groups excluding carboxylic acids is 2. The number of nitrogens with zero attached hydrogens (tertiary/aromatic N) is 4. The first kappa shape index (κ1) is 18.2. The van der Waals surface area contributed by atoms with Crippen LogP contribution in [0.5, 0.6) is 0 Å². The van der Waals surface area contributed by atoms with Crippen LogP contribution in [0, 0.1) is 0 Å². The molecule has 26 heavy (non-hydrogen) atoms. The average molecular weight is 378 g/mol. The van der Waals surface area contributed by atoms with Crippen LogP contribution < -0.4 is 10.2 Å². The van der Waals surface area contributed by atoms with Crippen molar-refractivity contribution in [1.82, 2.24) is 14.9 Å². The van der Waals surface area contributed by atoms with Crippen molar-refractivity contribution >= 4 is 46.3 Å². The second-order valence-electron chi connectivity index (χ2n) is 5.88. The Bertz CT molecular complexity index is 837. The van der Waals surface area contributed by atoms with E-state index in [9.17, 15) is 9.59 Å². The minimum atomic E-state index is -0.293. The van der Waals surface area contributed by atoms with Gasteiger partial charge in [0.25, 0.3) is 0 Å². The summed E-state index contributed by atoms with van der Waals surface area (Å²) in [5.74, 6) is 0.922. The van der Waals surface area contributed by atoms with Crippen molar-refractivity contribution < 1.29 is 14.3 Å². The number of carbonyl (C=O) groups is 2. The lowest BCUT2D eigenvalue weighted by Crippen LogP contribution is -2.49. The molecule has 0 atom stereocenters. The zero-order valence-electron chi connectivity index (χ0n) is 14.7. The summed E-state index contributed by atoms with van der Waals surface area (Å²) in [6.45, 7) is 5.93. The van der Waals surface area contributed by atoms with Gasteiger partial charge in [0, 0.05) is 44.6 Å². The Labute approximate surface area is 156 Å². The maximum Gasteiger partial charge on any atom is 0.409 e. The predicted octanol–water partition coefficient (Wildman–Crippen LogP) is 2.52. The Hall–Kier alpha value is -2.61. The third-order valence-corrected chi connectivity index (χ3v) is 4.36. The number of piperazine rings is 1. The van der Waals surface area contributed by atoms with Crippen LogP contribution in [0.2, 0.25) is 5.02 Å². The van der Waals surface area contributed by atoms with Crippen molar-refractivity contribution in [2.24, 2.45) is 0 Å². The Balaban J connectivity index is 1.80. The molecule has 0 aliphatic carbocycles. The lowest BCUT2D eigenvalue weighted by molar-refractivity contribution is -0.114. The standard InChI is InChI=1S/C17H20ClN5O3/c1-3-26-17(25)23-8-6-22(7-9-23)15-10-13(18)12-4-5-14(19-11(2)24)20-16(12)21-15/h4-5,10H,3,6-9H2,1-2H3,(H,19,20,21,24). The molecule has 0 unspecified atom stereocenters. The third kappa shape index (κ3) is 3.96. The van der Waals surface area contributed by atoms with Crippen LogP contribution in [-0.4, -0.2) is 59.7 Å². The minimum Gasteiger partial charge on any atom is -0.450 e. The van der Waals surface area contributed by atoms with Crippen molar-refractivity contribution in [3.05, 3.63) is 23.2 Å². The quantitative estimate of drug-likeness (QED) is 0.884. The first-order valence-corrected chi connectivity index (χ1v) is 8.77. The number of amides is 2. The molecule has 0 spiro atoms. The molecule has 0 bridgehead atoms. The van der Waals surface area contributed by atoms with Crippen LogP contribution in [-0.2, 0) is 9.53 Å². The van der Waals surface area contributed by atoms with Crippen LogP contribution >= 0.6 is 11.6 Å². The summed E-state index contributed by atoms with van der Waals surface area (Å²) in [4.78, 5) is 35.7. The van der Waals surface area contributed by atoms with Gasteiger partial charge in [-0.3, -0.25) is 4.79 Å². The smallest absolute Gasteiger partial charge is 0.409 e. The zero-order chi connectivity index (χ0) is 18.7. The zero-order valence-corrected chi connectivity index (χ0v) is 15.4. The van der Waals surface area contributed by atoms with Crippen molar-refractivity contribution in [3.63, 3.8) is 0 Å². The van der Waals surface area contributed by atoms with E-state index >= 15 is 0 Å². The van der Waals surface area contributed by atoms with Gasteiger partial charge < -0.3 is 19.9 Å². The van der Waals surface area contributed by atoms with E-state index in [0.717, 1.165) is 5.39 Å². The van der Waals surface area contributed by atoms with Gasteiger partial charge in [-0.15, -0.1) is 0 Å². The first-order valence-electron chi connectivity index (χ1n) is 8.39. The van der Waals surface area contributed by atoms with Gasteiger partial charge in [0.05, 0.1) is 11.6 Å². The van der Waals surface area contributed by atoms with E-state index in [1.165, 1.54) is 6.92 Å². The lowest BCUT2D eigenvalue weighted by atomic mass is 10.2. The van der Waals surface area contributed by atoms with Crippen LogP contribution in [0.1, 0.15) is 13.8 Å². The van der Waals surface area contributed by atoms with E-state index in [1.807, 2.05) is 4.90 Å². The molecule has 0 aromatic carbocycles. The molecular formula is C17H20ClN5O3. The fourth-order valence-corrected chi connectivity index (χ4v) is 3.04. The van der Waals surface area contributed by atoms with Gasteiger partial charge in [-0.2, -0.15) is 0 Å². The largest absolute Gasteiger partial charge is 0.450 e. The van der Waals surface area contributed by atoms with Crippen molar-refractivity contribution in [3.8, 4) is 0 Å². The number of anilines is 2. The number of aromatic nitrogens is 2. The third-order valence-electron chi connectivity index (χ3n) is 4.04. The molecule has 9 heteroatoms. The SMILES string of the molecule is CCOC(=O)N1CCN(c2cc(Cl)c3ccc(NC(C)=O)nc3n2)CC1. The van der Waals surface area contributed by atoms with Crippen LogP contribution in [0.3, 0.4) is 0 Å². The molecule has 1 saturated heterocycles. The summed E-state index contributed by atoms with van der Waals surface area (Å²) < 4.78 is 5.03. The highest BCUT2D eigenvalue weighted by Crippen LogP contribution is 2.27. The first-order chi connectivity index (χ1) is 12.5. The van der Waals surface area contributed by atoms with Crippen LogP contribution in [0.25, 0.3) is 11.0 Å². The highest BCUT2D eigenvalue weighted by molar-refractivity contribution is 6.35. The predicted molar refractivity (Wildman–Crippen MR) is 99.7 cm³/mol. The number of halogens is 1. The molecule has 3 rings (SSSR count). The second kappa shape index (κ2) is 7.74. The maximum atomic E-state index is 11.8. The summed E-state index contributed by atoms with van der Waals surface area (Å²) in [6, 6.07) is 5.27. The van der Waals surface area contributed by atoms with Gasteiger partial charge in [0.1, 0.15) is 11.6 Å². The number of rotatable bonds is 3. The maximum absolute atomic E-state index is 11.8. The Morgan fingerprint density at radius 2 is 1.96 bits per heavy atom. The van der Waals surface area contributed by atoms with E-state index < -0.39 is 0 Å². The molecule has 0 saturated carbocycles. The summed E-state index contributed by atoms with van der Waals surface area (Å²) in [6.07, 6.45) is -0.293. The molecule has 8 nitrogen and oxygen atoms in total. The van der Waals surface area contributed by atoms with Gasteiger partial charge in [0.2, 0.25) is 5.91 Å². The molecule has 2 aromatic rings. The molecule has 3 heterocycles. The number of nitrogens with one attached hydrogen (secondary N) is 1. The number of hydrogen-bond acceptors (Lipinski definition) is 6. The molecule has 138 valence electrons. The summed E-state index contributed by atoms with van der Waals surface area (Å²) >= 11 is 6.38. The van der Waals surface area contributed by atoms with Crippen LogP contribution in [0.4, 0.5) is 16.4 Å². The van der Waals surface area contributed by atoms with Crippen LogP contribution in [0.15, 0.2) is 18.2 Å². The van der Waals surface area contributed by atoms with E-state index in [4.69, 9.17) is 16.3 Å². The van der Waals surface area contributed by atoms with Gasteiger partial charge in [0.15, 0.2) is 5.65 Å². The van der Waals surface area contributed by atoms with Gasteiger partial charge in [-0.25, -0.2) is 14.8 Å². The summed E-state index contributed by atoms with van der Waals surface area (Å²) in [7, 11) is 0. The van der Waals surface area contributed by atoms with E-state index in [0.29, 0.717) is 55.1 Å². The Morgan fingerprint density at radius 3 is 2.62 bits per heavy atom. The van der Waals surface area contributed by atoms with Gasteiger partial charge in [-0.05, 0) is 19.1 Å². The highest BCUT2D eigenvalue weighted by Gasteiger charge is 2.23. The molecular weight excluding hydrogens is 358 g/mol. The topological polar surface area (TPSA) is 87.7 Å². The van der Waals surface area contributed by atoms with Crippen molar-refractivity contribution in [1.29, 1.82) is 0 Å². The number of fused-ring (bicyclic) bond motifs is 1. The average Bonchev–Trinajstić information content (AvgIpc) is 2.61. The molecule has 1 aliphatic rings. The van der Waals surface area contributed by atoms with Gasteiger partial charge in [-0.1, -0.05) is 11.6 Å². The summed E-state index contributed by atoms with van der Waals surface area (Å²) in [5.41, 5.74) is 0.464. The summed E-state index contributed by atoms with van der Waals surface area (Å²) in [5, 5.41) is 3.90.